The van der Waals surface area contributed by atoms with Gasteiger partial charge in [-0.15, -0.1) is 0 Å². The number of hydrogen-bond acceptors (Lipinski definition) is 6. The number of esters is 1. The molecule has 0 saturated carbocycles. The number of rotatable bonds is 4. The third-order valence-electron chi connectivity index (χ3n) is 2.76. The molecule has 0 fully saturated rings. The lowest BCUT2D eigenvalue weighted by Gasteiger charge is -1.99. The van der Waals surface area contributed by atoms with Gasteiger partial charge < -0.3 is 14.8 Å². The van der Waals surface area contributed by atoms with E-state index >= 15 is 0 Å². The molecule has 0 atom stereocenters. The Morgan fingerprint density at radius 1 is 0.952 bits per heavy atom. The predicted octanol–water partition coefficient (Wildman–Crippen LogP) is 1.57. The molecule has 0 aliphatic heterocycles. The summed E-state index contributed by atoms with van der Waals surface area (Å²) in [6.45, 7) is 0. The van der Waals surface area contributed by atoms with Crippen LogP contribution in [0.4, 0.5) is 11.4 Å². The van der Waals surface area contributed by atoms with Crippen molar-refractivity contribution in [3.05, 3.63) is 54.1 Å². The molecule has 0 saturated heterocycles. The molecule has 0 aliphatic rings. The first-order valence-corrected chi connectivity index (χ1v) is 6.16. The van der Waals surface area contributed by atoms with Crippen molar-refractivity contribution in [3.63, 3.8) is 0 Å². The van der Waals surface area contributed by atoms with Crippen molar-refractivity contribution in [2.45, 2.75) is 0 Å². The summed E-state index contributed by atoms with van der Waals surface area (Å²) in [7, 11) is -0.176. The van der Waals surface area contributed by atoms with E-state index in [2.05, 4.69) is 15.0 Å². The molecule has 106 valence electrons. The van der Waals surface area contributed by atoms with Crippen LogP contribution in [0.25, 0.3) is 0 Å². The Morgan fingerprint density at radius 3 is 1.86 bits per heavy atom. The van der Waals surface area contributed by atoms with E-state index in [1.165, 1.54) is 7.11 Å². The second kappa shape index (κ2) is 6.78. The number of hydrogen-bond donors (Lipinski definition) is 2. The van der Waals surface area contributed by atoms with Crippen molar-refractivity contribution in [2.75, 3.05) is 7.11 Å². The normalized spacial score (nSPS) is 10.6. The first-order chi connectivity index (χ1) is 10.1. The van der Waals surface area contributed by atoms with Gasteiger partial charge in [0.05, 0.1) is 24.0 Å². The SMILES string of the molecule is COC(=O)c1ccc(N=Nc2ccc(B(O)O)cc2)cc1. The summed E-state index contributed by atoms with van der Waals surface area (Å²) in [5, 5.41) is 26.0. The van der Waals surface area contributed by atoms with Gasteiger partial charge in [-0.25, -0.2) is 4.79 Å². The fraction of sp³-hybridized carbons (Fsp3) is 0.0714. The van der Waals surface area contributed by atoms with Crippen LogP contribution in [-0.4, -0.2) is 30.2 Å². The second-order valence-electron chi connectivity index (χ2n) is 4.20. The molecule has 0 radical (unpaired) electrons. The molecule has 0 aliphatic carbocycles. The maximum Gasteiger partial charge on any atom is 0.488 e. The molecule has 2 N–H and O–H groups in total. The minimum atomic E-state index is -1.50. The van der Waals surface area contributed by atoms with Crippen LogP contribution in [0.5, 0.6) is 0 Å². The van der Waals surface area contributed by atoms with Crippen LogP contribution >= 0.6 is 0 Å². The van der Waals surface area contributed by atoms with Crippen LogP contribution in [0, 0.1) is 0 Å². The Kier molecular flexibility index (Phi) is 4.81. The average molecular weight is 284 g/mol. The van der Waals surface area contributed by atoms with E-state index < -0.39 is 13.1 Å². The second-order valence-corrected chi connectivity index (χ2v) is 4.20. The topological polar surface area (TPSA) is 91.5 Å². The molecular formula is C14H13BN2O4. The Bertz CT molecular complexity index is 639. The zero-order chi connectivity index (χ0) is 15.2. The molecule has 21 heavy (non-hydrogen) atoms. The molecule has 2 aromatic carbocycles. The number of carbonyl (C=O) groups excluding carboxylic acids is 1. The van der Waals surface area contributed by atoms with E-state index in [0.717, 1.165) is 0 Å². The highest BCUT2D eigenvalue weighted by molar-refractivity contribution is 6.58. The zero-order valence-corrected chi connectivity index (χ0v) is 11.3. The Hall–Kier alpha value is -2.51. The molecule has 2 rings (SSSR count). The van der Waals surface area contributed by atoms with Crippen molar-refractivity contribution in [2.24, 2.45) is 10.2 Å². The van der Waals surface area contributed by atoms with Crippen molar-refractivity contribution >= 4 is 29.9 Å². The molecule has 6 nitrogen and oxygen atoms in total. The molecule has 0 unspecified atom stereocenters. The van der Waals surface area contributed by atoms with Gasteiger partial charge in [-0.2, -0.15) is 10.2 Å². The third-order valence-corrected chi connectivity index (χ3v) is 2.76. The summed E-state index contributed by atoms with van der Waals surface area (Å²) >= 11 is 0. The minimum absolute atomic E-state index is 0.386. The lowest BCUT2D eigenvalue weighted by atomic mass is 9.80. The molecule has 0 bridgehead atoms. The fourth-order valence-electron chi connectivity index (χ4n) is 1.61. The van der Waals surface area contributed by atoms with E-state index in [1.807, 2.05) is 0 Å². The number of carbonyl (C=O) groups is 1. The van der Waals surface area contributed by atoms with Crippen LogP contribution in [0.1, 0.15) is 10.4 Å². The quantitative estimate of drug-likeness (QED) is 0.506. The smallest absolute Gasteiger partial charge is 0.465 e. The lowest BCUT2D eigenvalue weighted by Crippen LogP contribution is -2.29. The van der Waals surface area contributed by atoms with Crippen molar-refractivity contribution in [1.82, 2.24) is 0 Å². The van der Waals surface area contributed by atoms with Crippen LogP contribution in [0.3, 0.4) is 0 Å². The Balaban J connectivity index is 2.08. The van der Waals surface area contributed by atoms with Gasteiger partial charge in [-0.05, 0) is 41.9 Å². The predicted molar refractivity (Wildman–Crippen MR) is 78.2 cm³/mol. The highest BCUT2D eigenvalue weighted by atomic mass is 16.5. The van der Waals surface area contributed by atoms with Gasteiger partial charge in [0.1, 0.15) is 0 Å². The summed E-state index contributed by atoms with van der Waals surface area (Å²) in [5.74, 6) is -0.406. The lowest BCUT2D eigenvalue weighted by molar-refractivity contribution is 0.0601. The molecule has 0 heterocycles. The van der Waals surface area contributed by atoms with Gasteiger partial charge in [-0.1, -0.05) is 12.1 Å². The molecule has 0 aromatic heterocycles. The monoisotopic (exact) mass is 284 g/mol. The fourth-order valence-corrected chi connectivity index (χ4v) is 1.61. The summed E-state index contributed by atoms with van der Waals surface area (Å²) in [6, 6.07) is 12.9. The van der Waals surface area contributed by atoms with Crippen molar-refractivity contribution < 1.29 is 19.6 Å². The number of benzene rings is 2. The molecule has 2 aromatic rings. The first kappa shape index (κ1) is 14.9. The van der Waals surface area contributed by atoms with E-state index in [0.29, 0.717) is 22.4 Å². The summed E-state index contributed by atoms with van der Waals surface area (Å²) in [4.78, 5) is 11.3. The standard InChI is InChI=1S/C14H13BN2O4/c1-21-14(18)10-2-6-12(7-3-10)16-17-13-8-4-11(5-9-13)15(19)20/h2-9,19-20H,1H3. The van der Waals surface area contributed by atoms with Crippen LogP contribution in [-0.2, 0) is 4.74 Å². The largest absolute Gasteiger partial charge is 0.488 e. The van der Waals surface area contributed by atoms with E-state index in [4.69, 9.17) is 10.0 Å². The Labute approximate surface area is 121 Å². The summed E-state index contributed by atoms with van der Waals surface area (Å²) < 4.78 is 4.60. The van der Waals surface area contributed by atoms with Gasteiger partial charge in [0, 0.05) is 0 Å². The number of nitrogens with zero attached hydrogens (tertiary/aromatic N) is 2. The Morgan fingerprint density at radius 2 is 1.43 bits per heavy atom. The number of ether oxygens (including phenoxy) is 1. The van der Waals surface area contributed by atoms with E-state index in [1.54, 1.807) is 48.5 Å². The van der Waals surface area contributed by atoms with Gasteiger partial charge in [0.25, 0.3) is 0 Å². The highest BCUT2D eigenvalue weighted by Gasteiger charge is 2.09. The molecule has 0 amide bonds. The van der Waals surface area contributed by atoms with Crippen molar-refractivity contribution in [1.29, 1.82) is 0 Å². The number of methoxy groups -OCH3 is 1. The third kappa shape index (κ3) is 3.98. The van der Waals surface area contributed by atoms with Crippen molar-refractivity contribution in [3.8, 4) is 0 Å². The van der Waals surface area contributed by atoms with E-state index in [-0.39, 0.29) is 0 Å². The average Bonchev–Trinajstić information content (AvgIpc) is 2.53. The van der Waals surface area contributed by atoms with E-state index in [9.17, 15) is 4.79 Å². The van der Waals surface area contributed by atoms with Gasteiger partial charge >= 0.3 is 13.1 Å². The first-order valence-electron chi connectivity index (χ1n) is 6.16. The van der Waals surface area contributed by atoms with Crippen LogP contribution < -0.4 is 5.46 Å². The summed E-state index contributed by atoms with van der Waals surface area (Å²) in [5.41, 5.74) is 2.00. The maximum absolute atomic E-state index is 11.3. The minimum Gasteiger partial charge on any atom is -0.465 e. The van der Waals surface area contributed by atoms with Crippen LogP contribution in [0.15, 0.2) is 58.8 Å². The molecule has 7 heteroatoms. The summed E-state index contributed by atoms with van der Waals surface area (Å²) in [6.07, 6.45) is 0. The molecular weight excluding hydrogens is 271 g/mol. The van der Waals surface area contributed by atoms with Crippen LogP contribution in [0.2, 0.25) is 0 Å². The van der Waals surface area contributed by atoms with Gasteiger partial charge in [0.15, 0.2) is 0 Å². The zero-order valence-electron chi connectivity index (χ0n) is 11.3. The molecule has 0 spiro atoms. The van der Waals surface area contributed by atoms with Gasteiger partial charge in [0.2, 0.25) is 0 Å². The maximum atomic E-state index is 11.3. The highest BCUT2D eigenvalue weighted by Crippen LogP contribution is 2.18. The number of azo groups is 1. The van der Waals surface area contributed by atoms with Gasteiger partial charge in [-0.3, -0.25) is 0 Å².